The van der Waals surface area contributed by atoms with Crippen molar-refractivity contribution in [2.24, 2.45) is 5.73 Å². The first-order chi connectivity index (χ1) is 10.6. The highest BCUT2D eigenvalue weighted by molar-refractivity contribution is 5.73. The lowest BCUT2D eigenvalue weighted by molar-refractivity contribution is -0.192. The van der Waals surface area contributed by atoms with Gasteiger partial charge in [-0.05, 0) is 26.7 Å². The van der Waals surface area contributed by atoms with Crippen LogP contribution in [0.15, 0.2) is 0 Å². The molecule has 0 spiro atoms. The predicted octanol–water partition coefficient (Wildman–Crippen LogP) is 1.24. The third-order valence-electron chi connectivity index (χ3n) is 4.10. The van der Waals surface area contributed by atoms with E-state index in [9.17, 15) is 13.2 Å². The average molecular weight is 342 g/mol. The molecule has 0 aliphatic carbocycles. The highest BCUT2D eigenvalue weighted by Crippen LogP contribution is 2.33. The maximum atomic E-state index is 10.6. The summed E-state index contributed by atoms with van der Waals surface area (Å²) >= 11 is 0. The van der Waals surface area contributed by atoms with Gasteiger partial charge >= 0.3 is 12.1 Å². The minimum Gasteiger partial charge on any atom is -0.475 e. The Bertz CT molecular complexity index is 377. The van der Waals surface area contributed by atoms with Crippen molar-refractivity contribution in [2.75, 3.05) is 32.8 Å². The summed E-state index contributed by atoms with van der Waals surface area (Å²) in [6.07, 6.45) is -2.35. The van der Waals surface area contributed by atoms with E-state index in [1.54, 1.807) is 0 Å². The van der Waals surface area contributed by atoms with Gasteiger partial charge in [0.1, 0.15) is 0 Å². The number of halogens is 3. The lowest BCUT2D eigenvalue weighted by Crippen LogP contribution is -2.62. The van der Waals surface area contributed by atoms with E-state index in [4.69, 9.17) is 25.1 Å². The Balaban J connectivity index is 0.000000322. The Kier molecular flexibility index (Phi) is 7.25. The SMILES string of the molecule is C[C@@H]1CC(CN)(N2CCOCC2)C[C@H](C)O1.O=C(O)C(F)(F)F. The molecule has 0 amide bonds. The zero-order valence-corrected chi connectivity index (χ0v) is 13.4. The molecule has 3 atom stereocenters. The Morgan fingerprint density at radius 3 is 2.04 bits per heavy atom. The molecule has 2 aliphatic rings. The number of nitrogens with two attached hydrogens (primary N) is 1. The minimum atomic E-state index is -5.08. The molecular weight excluding hydrogens is 317 g/mol. The number of nitrogens with zero attached hydrogens (tertiary/aromatic N) is 1. The molecule has 2 aliphatic heterocycles. The van der Waals surface area contributed by atoms with E-state index in [1.807, 2.05) is 0 Å². The van der Waals surface area contributed by atoms with Gasteiger partial charge in [-0.1, -0.05) is 0 Å². The van der Waals surface area contributed by atoms with Crippen molar-refractivity contribution in [3.8, 4) is 0 Å². The standard InChI is InChI=1S/C12H24N2O2.C2HF3O2/c1-10-7-12(9-13,8-11(2)16-10)14-3-5-15-6-4-14;3-2(4,5)1(6)7/h10-11H,3-9,13H2,1-2H3;(H,6,7)/t10-,11+,12?;. The predicted molar refractivity (Wildman–Crippen MR) is 77.1 cm³/mol. The van der Waals surface area contributed by atoms with Gasteiger partial charge in [-0.2, -0.15) is 13.2 Å². The van der Waals surface area contributed by atoms with Crippen molar-refractivity contribution < 1.29 is 32.5 Å². The first-order valence-corrected chi connectivity index (χ1v) is 7.59. The molecule has 2 rings (SSSR count). The number of hydrogen-bond donors (Lipinski definition) is 2. The van der Waals surface area contributed by atoms with E-state index < -0.39 is 12.1 Å². The molecule has 2 fully saturated rings. The molecule has 0 aromatic carbocycles. The van der Waals surface area contributed by atoms with Gasteiger partial charge in [-0.25, -0.2) is 4.79 Å². The van der Waals surface area contributed by atoms with Crippen LogP contribution in [0.25, 0.3) is 0 Å². The van der Waals surface area contributed by atoms with Gasteiger partial charge in [-0.15, -0.1) is 0 Å². The van der Waals surface area contributed by atoms with E-state index in [2.05, 4.69) is 18.7 Å². The van der Waals surface area contributed by atoms with E-state index in [0.29, 0.717) is 12.2 Å². The fourth-order valence-corrected chi connectivity index (χ4v) is 3.24. The first kappa shape index (κ1) is 20.1. The van der Waals surface area contributed by atoms with Crippen LogP contribution < -0.4 is 5.73 Å². The summed E-state index contributed by atoms with van der Waals surface area (Å²) in [6, 6.07) is 0. The number of alkyl halides is 3. The van der Waals surface area contributed by atoms with Crippen LogP contribution in [0.4, 0.5) is 13.2 Å². The van der Waals surface area contributed by atoms with Crippen molar-refractivity contribution in [1.82, 2.24) is 4.90 Å². The number of carboxylic acid groups (broad SMARTS) is 1. The minimum absolute atomic E-state index is 0.140. The smallest absolute Gasteiger partial charge is 0.475 e. The molecule has 2 saturated heterocycles. The fraction of sp³-hybridized carbons (Fsp3) is 0.929. The summed E-state index contributed by atoms with van der Waals surface area (Å²) in [4.78, 5) is 11.4. The number of aliphatic carboxylic acids is 1. The van der Waals surface area contributed by atoms with Gasteiger partial charge in [-0.3, -0.25) is 4.90 Å². The van der Waals surface area contributed by atoms with Gasteiger partial charge in [0.2, 0.25) is 0 Å². The van der Waals surface area contributed by atoms with E-state index in [-0.39, 0.29) is 5.54 Å². The Labute approximate surface area is 133 Å². The van der Waals surface area contributed by atoms with E-state index in [1.165, 1.54) is 0 Å². The van der Waals surface area contributed by atoms with Gasteiger partial charge in [0.05, 0.1) is 25.4 Å². The molecule has 0 aromatic rings. The Morgan fingerprint density at radius 1 is 1.26 bits per heavy atom. The molecule has 136 valence electrons. The third kappa shape index (κ3) is 5.91. The molecule has 1 unspecified atom stereocenters. The molecule has 23 heavy (non-hydrogen) atoms. The van der Waals surface area contributed by atoms with Crippen LogP contribution >= 0.6 is 0 Å². The van der Waals surface area contributed by atoms with Gasteiger partial charge < -0.3 is 20.3 Å². The fourth-order valence-electron chi connectivity index (χ4n) is 3.24. The van der Waals surface area contributed by atoms with Crippen LogP contribution in [0.1, 0.15) is 26.7 Å². The summed E-state index contributed by atoms with van der Waals surface area (Å²) in [7, 11) is 0. The summed E-state index contributed by atoms with van der Waals surface area (Å²) in [6.45, 7) is 8.73. The third-order valence-corrected chi connectivity index (χ3v) is 4.10. The van der Waals surface area contributed by atoms with Crippen LogP contribution in [-0.2, 0) is 14.3 Å². The maximum Gasteiger partial charge on any atom is 0.490 e. The molecule has 0 aromatic heterocycles. The molecule has 9 heteroatoms. The Hall–Kier alpha value is -0.900. The molecule has 6 nitrogen and oxygen atoms in total. The second-order valence-electron chi connectivity index (χ2n) is 6.00. The molecule has 2 heterocycles. The lowest BCUT2D eigenvalue weighted by atomic mass is 9.82. The van der Waals surface area contributed by atoms with Crippen LogP contribution in [0.2, 0.25) is 0 Å². The van der Waals surface area contributed by atoms with Crippen LogP contribution in [-0.4, -0.2) is 72.7 Å². The first-order valence-electron chi connectivity index (χ1n) is 7.59. The largest absolute Gasteiger partial charge is 0.490 e. The summed E-state index contributed by atoms with van der Waals surface area (Å²) in [5, 5.41) is 7.12. The zero-order valence-electron chi connectivity index (χ0n) is 13.4. The molecule has 0 radical (unpaired) electrons. The number of carbonyl (C=O) groups is 1. The van der Waals surface area contributed by atoms with Crippen molar-refractivity contribution in [1.29, 1.82) is 0 Å². The highest BCUT2D eigenvalue weighted by atomic mass is 19.4. The number of rotatable bonds is 2. The normalized spacial score (nSPS) is 32.8. The maximum absolute atomic E-state index is 10.6. The average Bonchev–Trinajstić information content (AvgIpc) is 2.46. The van der Waals surface area contributed by atoms with Crippen LogP contribution in [0, 0.1) is 0 Å². The molecule has 3 N–H and O–H groups in total. The lowest BCUT2D eigenvalue weighted by Gasteiger charge is -2.50. The highest BCUT2D eigenvalue weighted by Gasteiger charge is 2.42. The van der Waals surface area contributed by atoms with Crippen LogP contribution in [0.5, 0.6) is 0 Å². The Morgan fingerprint density at radius 2 is 1.70 bits per heavy atom. The second-order valence-corrected chi connectivity index (χ2v) is 6.00. The van der Waals surface area contributed by atoms with Crippen molar-refractivity contribution in [3.05, 3.63) is 0 Å². The number of hydrogen-bond acceptors (Lipinski definition) is 5. The quantitative estimate of drug-likeness (QED) is 0.785. The molecular formula is C14H25F3N2O4. The van der Waals surface area contributed by atoms with E-state index in [0.717, 1.165) is 45.7 Å². The topological polar surface area (TPSA) is 85.0 Å². The van der Waals surface area contributed by atoms with Gasteiger partial charge in [0.15, 0.2) is 0 Å². The number of morpholine rings is 1. The zero-order chi connectivity index (χ0) is 17.7. The summed E-state index contributed by atoms with van der Waals surface area (Å²) < 4.78 is 43.0. The summed E-state index contributed by atoms with van der Waals surface area (Å²) in [5.74, 6) is -2.76. The van der Waals surface area contributed by atoms with E-state index >= 15 is 0 Å². The summed E-state index contributed by atoms with van der Waals surface area (Å²) in [5.41, 5.74) is 6.20. The van der Waals surface area contributed by atoms with Gasteiger partial charge in [0, 0.05) is 25.2 Å². The van der Waals surface area contributed by atoms with Crippen LogP contribution in [0.3, 0.4) is 0 Å². The van der Waals surface area contributed by atoms with Crippen molar-refractivity contribution >= 4 is 5.97 Å². The molecule has 0 bridgehead atoms. The number of ether oxygens (including phenoxy) is 2. The molecule has 0 saturated carbocycles. The number of carboxylic acids is 1. The van der Waals surface area contributed by atoms with Gasteiger partial charge in [0.25, 0.3) is 0 Å². The monoisotopic (exact) mass is 342 g/mol. The second kappa shape index (κ2) is 8.27. The van der Waals surface area contributed by atoms with Crippen molar-refractivity contribution in [3.63, 3.8) is 0 Å². The van der Waals surface area contributed by atoms with Crippen molar-refractivity contribution in [2.45, 2.75) is 50.6 Å².